The zero-order chi connectivity index (χ0) is 17.4. The van der Waals surface area contributed by atoms with Gasteiger partial charge in [-0.1, -0.05) is 6.92 Å². The Kier molecular flexibility index (Phi) is 4.56. The van der Waals surface area contributed by atoms with Gasteiger partial charge in [0.2, 0.25) is 9.84 Å². The van der Waals surface area contributed by atoms with E-state index in [4.69, 9.17) is 4.74 Å². The molecule has 5 nitrogen and oxygen atoms in total. The Labute approximate surface area is 136 Å². The third kappa shape index (κ3) is 2.99. The predicted molar refractivity (Wildman–Crippen MR) is 87.1 cm³/mol. The summed E-state index contributed by atoms with van der Waals surface area (Å²) in [5, 5.41) is 19.6. The van der Waals surface area contributed by atoms with Gasteiger partial charge in [0.1, 0.15) is 22.1 Å². The lowest BCUT2D eigenvalue weighted by Gasteiger charge is -2.15. The Morgan fingerprint density at radius 3 is 2.17 bits per heavy atom. The van der Waals surface area contributed by atoms with Crippen LogP contribution in [0.5, 0.6) is 17.2 Å². The first-order valence-corrected chi connectivity index (χ1v) is 8.65. The number of phenolic OH excluding ortho intramolecular Hbond substituents is 2. The Morgan fingerprint density at radius 2 is 1.61 bits per heavy atom. The van der Waals surface area contributed by atoms with Gasteiger partial charge in [-0.25, -0.2) is 8.42 Å². The summed E-state index contributed by atoms with van der Waals surface area (Å²) in [5.41, 5.74) is 1.45. The molecule has 0 aliphatic heterocycles. The molecule has 0 spiro atoms. The summed E-state index contributed by atoms with van der Waals surface area (Å²) >= 11 is 0. The highest BCUT2D eigenvalue weighted by molar-refractivity contribution is 7.91. The fraction of sp³-hybridized carbons (Fsp3) is 0.294. The predicted octanol–water partition coefficient (Wildman–Crippen LogP) is 3.12. The summed E-state index contributed by atoms with van der Waals surface area (Å²) in [6.45, 7) is 5.09. The SMILES string of the molecule is CCc1cc(S(=O)(=O)c2cc(C)c(O)cc2OC)c(C)cc1O. The van der Waals surface area contributed by atoms with Crippen LogP contribution >= 0.6 is 0 Å². The van der Waals surface area contributed by atoms with E-state index >= 15 is 0 Å². The van der Waals surface area contributed by atoms with Crippen molar-refractivity contribution in [2.75, 3.05) is 7.11 Å². The van der Waals surface area contributed by atoms with E-state index in [1.807, 2.05) is 6.92 Å². The lowest BCUT2D eigenvalue weighted by molar-refractivity contribution is 0.395. The molecule has 0 unspecified atom stereocenters. The highest BCUT2D eigenvalue weighted by atomic mass is 32.2. The van der Waals surface area contributed by atoms with Crippen LogP contribution in [0.15, 0.2) is 34.1 Å². The molecule has 0 bridgehead atoms. The number of hydrogen-bond acceptors (Lipinski definition) is 5. The van der Waals surface area contributed by atoms with Crippen LogP contribution in [0.1, 0.15) is 23.6 Å². The molecule has 2 rings (SSSR count). The van der Waals surface area contributed by atoms with E-state index in [0.717, 1.165) is 0 Å². The third-order valence-corrected chi connectivity index (χ3v) is 5.74. The summed E-state index contributed by atoms with van der Waals surface area (Å²) in [5.74, 6) is 0.133. The lowest BCUT2D eigenvalue weighted by atomic mass is 10.1. The number of benzene rings is 2. The Morgan fingerprint density at radius 1 is 0.957 bits per heavy atom. The largest absolute Gasteiger partial charge is 0.508 e. The van der Waals surface area contributed by atoms with E-state index in [2.05, 4.69) is 0 Å². The van der Waals surface area contributed by atoms with Crippen LogP contribution in [0.2, 0.25) is 0 Å². The normalized spacial score (nSPS) is 11.5. The van der Waals surface area contributed by atoms with Crippen molar-refractivity contribution in [1.82, 2.24) is 0 Å². The number of rotatable bonds is 4. The summed E-state index contributed by atoms with van der Waals surface area (Å²) in [4.78, 5) is 0.113. The average Bonchev–Trinajstić information content (AvgIpc) is 2.49. The van der Waals surface area contributed by atoms with Crippen molar-refractivity contribution in [3.63, 3.8) is 0 Å². The average molecular weight is 336 g/mol. The minimum absolute atomic E-state index is 0.00820. The maximum atomic E-state index is 13.0. The Bertz CT molecular complexity index is 854. The molecule has 2 aromatic carbocycles. The fourth-order valence-electron chi connectivity index (χ4n) is 2.43. The van der Waals surface area contributed by atoms with Gasteiger partial charge in [0, 0.05) is 6.07 Å². The quantitative estimate of drug-likeness (QED) is 0.896. The second kappa shape index (κ2) is 6.12. The molecule has 0 radical (unpaired) electrons. The molecule has 0 fully saturated rings. The smallest absolute Gasteiger partial charge is 0.210 e. The standard InChI is InChI=1S/C17H20O5S/c1-5-12-8-16(11(3)6-14(12)19)23(20,21)17-7-10(2)13(18)9-15(17)22-4/h6-9,18-19H,5H2,1-4H3. The minimum atomic E-state index is -3.85. The van der Waals surface area contributed by atoms with Crippen LogP contribution in [-0.4, -0.2) is 25.7 Å². The van der Waals surface area contributed by atoms with Gasteiger partial charge in [-0.05, 0) is 55.2 Å². The summed E-state index contributed by atoms with van der Waals surface area (Å²) in [6.07, 6.45) is 0.514. The number of methoxy groups -OCH3 is 1. The first-order valence-electron chi connectivity index (χ1n) is 7.17. The van der Waals surface area contributed by atoms with E-state index in [1.165, 1.54) is 31.4 Å². The van der Waals surface area contributed by atoms with E-state index in [-0.39, 0.29) is 27.0 Å². The van der Waals surface area contributed by atoms with Crippen molar-refractivity contribution in [3.05, 3.63) is 41.0 Å². The van der Waals surface area contributed by atoms with Gasteiger partial charge in [-0.3, -0.25) is 0 Å². The summed E-state index contributed by atoms with van der Waals surface area (Å²) in [6, 6.07) is 5.62. The third-order valence-electron chi connectivity index (χ3n) is 3.82. The second-order valence-corrected chi connectivity index (χ2v) is 7.28. The van der Waals surface area contributed by atoms with Crippen molar-refractivity contribution < 1.29 is 23.4 Å². The van der Waals surface area contributed by atoms with E-state index in [0.29, 0.717) is 23.1 Å². The van der Waals surface area contributed by atoms with Crippen LogP contribution in [0.3, 0.4) is 0 Å². The molecule has 2 N–H and O–H groups in total. The van der Waals surface area contributed by atoms with Crippen molar-refractivity contribution in [1.29, 1.82) is 0 Å². The van der Waals surface area contributed by atoms with Crippen LogP contribution < -0.4 is 4.74 Å². The zero-order valence-corrected chi connectivity index (χ0v) is 14.4. The molecule has 0 amide bonds. The zero-order valence-electron chi connectivity index (χ0n) is 13.5. The van der Waals surface area contributed by atoms with Gasteiger partial charge in [-0.15, -0.1) is 0 Å². The van der Waals surface area contributed by atoms with Gasteiger partial charge in [0.25, 0.3) is 0 Å². The molecule has 6 heteroatoms. The van der Waals surface area contributed by atoms with Crippen molar-refractivity contribution >= 4 is 9.84 Å². The van der Waals surface area contributed by atoms with E-state index < -0.39 is 9.84 Å². The minimum Gasteiger partial charge on any atom is -0.508 e. The molecule has 124 valence electrons. The number of sulfone groups is 1. The highest BCUT2D eigenvalue weighted by Gasteiger charge is 2.26. The van der Waals surface area contributed by atoms with Gasteiger partial charge in [0.05, 0.1) is 12.0 Å². The Balaban J connectivity index is 2.76. The maximum absolute atomic E-state index is 13.0. The summed E-state index contributed by atoms with van der Waals surface area (Å²) in [7, 11) is -2.50. The van der Waals surface area contributed by atoms with Crippen LogP contribution in [-0.2, 0) is 16.3 Å². The first kappa shape index (κ1) is 17.1. The number of hydrogen-bond donors (Lipinski definition) is 2. The van der Waals surface area contributed by atoms with Crippen molar-refractivity contribution in [2.45, 2.75) is 37.0 Å². The fourth-order valence-corrected chi connectivity index (χ4v) is 4.18. The topological polar surface area (TPSA) is 83.8 Å². The number of aromatic hydroxyl groups is 2. The molecule has 0 aliphatic rings. The molecule has 0 atom stereocenters. The number of ether oxygens (including phenoxy) is 1. The molecule has 0 heterocycles. The molecular weight excluding hydrogens is 316 g/mol. The molecule has 0 aromatic heterocycles. The molecule has 23 heavy (non-hydrogen) atoms. The van der Waals surface area contributed by atoms with Crippen molar-refractivity contribution in [3.8, 4) is 17.2 Å². The number of phenols is 2. The lowest BCUT2D eigenvalue weighted by Crippen LogP contribution is -2.07. The monoisotopic (exact) mass is 336 g/mol. The van der Waals surface area contributed by atoms with Crippen LogP contribution in [0.4, 0.5) is 0 Å². The van der Waals surface area contributed by atoms with E-state index in [9.17, 15) is 18.6 Å². The maximum Gasteiger partial charge on any atom is 0.210 e. The van der Waals surface area contributed by atoms with E-state index in [1.54, 1.807) is 13.8 Å². The number of aryl methyl sites for hydroxylation is 3. The van der Waals surface area contributed by atoms with Crippen molar-refractivity contribution in [2.24, 2.45) is 0 Å². The van der Waals surface area contributed by atoms with Crippen LogP contribution in [0, 0.1) is 13.8 Å². The second-order valence-electron chi connectivity index (χ2n) is 5.39. The first-order chi connectivity index (χ1) is 10.7. The van der Waals surface area contributed by atoms with Gasteiger partial charge in [0.15, 0.2) is 0 Å². The van der Waals surface area contributed by atoms with Gasteiger partial charge in [-0.2, -0.15) is 0 Å². The van der Waals surface area contributed by atoms with Crippen LogP contribution in [0.25, 0.3) is 0 Å². The van der Waals surface area contributed by atoms with Gasteiger partial charge < -0.3 is 14.9 Å². The Hall–Kier alpha value is -2.21. The van der Waals surface area contributed by atoms with Gasteiger partial charge >= 0.3 is 0 Å². The molecular formula is C17H20O5S. The molecule has 0 aliphatic carbocycles. The summed E-state index contributed by atoms with van der Waals surface area (Å²) < 4.78 is 31.2. The highest BCUT2D eigenvalue weighted by Crippen LogP contribution is 2.37. The molecule has 2 aromatic rings. The molecule has 0 saturated heterocycles. The molecule has 0 saturated carbocycles.